The molecule has 2 saturated carbocycles. The van der Waals surface area contributed by atoms with Gasteiger partial charge in [-0.05, 0) is 53.7 Å². The summed E-state index contributed by atoms with van der Waals surface area (Å²) in [6.07, 6.45) is 0.886. The monoisotopic (exact) mass is 467 g/mol. The van der Waals surface area contributed by atoms with Crippen LogP contribution < -0.4 is 5.32 Å². The topological polar surface area (TPSA) is 116 Å². The predicted molar refractivity (Wildman–Crippen MR) is 124 cm³/mol. The fraction of sp³-hybridized carbons (Fsp3) is 0.556. The van der Waals surface area contributed by atoms with Gasteiger partial charge in [0.05, 0.1) is 5.41 Å². The van der Waals surface area contributed by atoms with Crippen molar-refractivity contribution in [2.45, 2.75) is 58.0 Å². The lowest BCUT2D eigenvalue weighted by Crippen LogP contribution is -2.63. The highest BCUT2D eigenvalue weighted by Gasteiger charge is 2.73. The molecule has 1 spiro atoms. The van der Waals surface area contributed by atoms with Crippen molar-refractivity contribution in [2.24, 2.45) is 28.6 Å². The van der Waals surface area contributed by atoms with Crippen LogP contribution in [0.2, 0.25) is 0 Å². The maximum Gasteiger partial charge on any atom is 0.407 e. The van der Waals surface area contributed by atoms with Gasteiger partial charge in [0.1, 0.15) is 24.4 Å². The Hall–Kier alpha value is -2.48. The number of carbonyl (C=O) groups excluding carboxylic acids is 2. The quantitative estimate of drug-likeness (QED) is 0.506. The number of rotatable bonds is 4. The lowest BCUT2D eigenvalue weighted by molar-refractivity contribution is -0.181. The van der Waals surface area contributed by atoms with Crippen LogP contribution in [-0.2, 0) is 16.1 Å². The van der Waals surface area contributed by atoms with Crippen molar-refractivity contribution in [3.8, 4) is 0 Å². The molecule has 0 unspecified atom stereocenters. The molecule has 1 aromatic carbocycles. The number of aliphatic hydroxyl groups excluding tert-OH is 2. The van der Waals surface area contributed by atoms with Crippen LogP contribution in [-0.4, -0.2) is 51.6 Å². The highest BCUT2D eigenvalue weighted by atomic mass is 16.5. The summed E-state index contributed by atoms with van der Waals surface area (Å²) in [6, 6.07) is 9.40. The number of carbonyl (C=O) groups is 2. The fourth-order valence-electron chi connectivity index (χ4n) is 7.01. The number of fused-ring (bicyclic) bond motifs is 3. The SMILES string of the molecule is CC1=C[C@@]23CC[C@@H]4[C@H]([C@H](C=C(COC(=O)NCc5ccccc5)[C@@H](O)[C@]2(O)[C@H]1O)C3=O)C4(C)C. The molecule has 7 heteroatoms. The molecule has 7 nitrogen and oxygen atoms in total. The first-order valence-electron chi connectivity index (χ1n) is 12.0. The van der Waals surface area contributed by atoms with E-state index in [0.717, 1.165) is 12.0 Å². The van der Waals surface area contributed by atoms with Gasteiger partial charge in [-0.2, -0.15) is 0 Å². The van der Waals surface area contributed by atoms with Gasteiger partial charge in [-0.1, -0.05) is 56.3 Å². The highest BCUT2D eigenvalue weighted by molar-refractivity contribution is 5.95. The first kappa shape index (κ1) is 23.3. The van der Waals surface area contributed by atoms with Crippen LogP contribution in [0.25, 0.3) is 0 Å². The Kier molecular flexibility index (Phi) is 5.32. The molecule has 1 aromatic rings. The zero-order chi connectivity index (χ0) is 24.5. The van der Waals surface area contributed by atoms with Crippen LogP contribution in [0.1, 0.15) is 39.2 Å². The van der Waals surface area contributed by atoms with Crippen LogP contribution in [0.4, 0.5) is 4.79 Å². The Bertz CT molecular complexity index is 1080. The Morgan fingerprint density at radius 1 is 1.18 bits per heavy atom. The second kappa shape index (κ2) is 7.77. The standard InChI is InChI=1S/C27H33NO6/c1-15-12-26-10-9-19-20(25(19,2)3)18(23(26)31)11-17(22(30)27(26,33)21(15)29)14-34-24(32)28-13-16-7-5-4-6-8-16/h4-8,11-12,18-22,29-30,33H,9-10,13-14H2,1-3H3,(H,28,32)/t18-,19+,20-,21-,22+,26+,27+/m0/s1. The maximum absolute atomic E-state index is 14.0. The molecule has 34 heavy (non-hydrogen) atoms. The molecule has 5 rings (SSSR count). The number of hydrogen-bond acceptors (Lipinski definition) is 6. The number of hydrogen-bond donors (Lipinski definition) is 4. The molecule has 2 bridgehead atoms. The second-order valence-corrected chi connectivity index (χ2v) is 11.0. The third-order valence-corrected chi connectivity index (χ3v) is 8.97. The van der Waals surface area contributed by atoms with E-state index in [2.05, 4.69) is 19.2 Å². The number of amides is 1. The average molecular weight is 468 g/mol. The number of nitrogens with one attached hydrogen (secondary N) is 1. The molecule has 4 N–H and O–H groups in total. The number of allylic oxidation sites excluding steroid dienone is 1. The summed E-state index contributed by atoms with van der Waals surface area (Å²) >= 11 is 0. The first-order chi connectivity index (χ1) is 16.0. The molecule has 0 radical (unpaired) electrons. The molecular formula is C27H33NO6. The maximum atomic E-state index is 14.0. The van der Waals surface area contributed by atoms with Gasteiger partial charge >= 0.3 is 6.09 Å². The molecule has 1 amide bonds. The van der Waals surface area contributed by atoms with Crippen molar-refractivity contribution in [2.75, 3.05) is 6.61 Å². The van der Waals surface area contributed by atoms with E-state index in [-0.39, 0.29) is 35.8 Å². The summed E-state index contributed by atoms with van der Waals surface area (Å²) in [4.78, 5) is 26.3. The van der Waals surface area contributed by atoms with Crippen LogP contribution in [0.5, 0.6) is 0 Å². The van der Waals surface area contributed by atoms with Crippen molar-refractivity contribution in [1.29, 1.82) is 0 Å². The first-order valence-corrected chi connectivity index (χ1v) is 12.0. The van der Waals surface area contributed by atoms with E-state index in [9.17, 15) is 24.9 Å². The van der Waals surface area contributed by atoms with Crippen LogP contribution in [0, 0.1) is 28.6 Å². The second-order valence-electron chi connectivity index (χ2n) is 11.0. The largest absolute Gasteiger partial charge is 0.445 e. The lowest BCUT2D eigenvalue weighted by atomic mass is 9.63. The van der Waals surface area contributed by atoms with E-state index < -0.39 is 35.2 Å². The van der Waals surface area contributed by atoms with Crippen molar-refractivity contribution in [3.63, 3.8) is 0 Å². The number of alkyl carbamates (subject to hydrolysis) is 1. The molecule has 4 aliphatic carbocycles. The van der Waals surface area contributed by atoms with Crippen LogP contribution in [0.15, 0.2) is 53.6 Å². The number of Topliss-reactive ketones (excluding diaryl/α,β-unsaturated/α-hetero) is 1. The molecule has 182 valence electrons. The van der Waals surface area contributed by atoms with Crippen LogP contribution in [0.3, 0.4) is 0 Å². The summed E-state index contributed by atoms with van der Waals surface area (Å²) in [6.45, 7) is 5.97. The molecule has 7 atom stereocenters. The predicted octanol–water partition coefficient (Wildman–Crippen LogP) is 2.50. The van der Waals surface area contributed by atoms with E-state index in [1.165, 1.54) is 0 Å². The minimum atomic E-state index is -2.10. The lowest BCUT2D eigenvalue weighted by Gasteiger charge is -2.45. The zero-order valence-corrected chi connectivity index (χ0v) is 19.8. The summed E-state index contributed by atoms with van der Waals surface area (Å²) < 4.78 is 5.40. The molecule has 0 heterocycles. The van der Waals surface area contributed by atoms with Crippen molar-refractivity contribution in [3.05, 3.63) is 59.2 Å². The molecule has 0 aromatic heterocycles. The Labute approximate surface area is 199 Å². The van der Waals surface area contributed by atoms with E-state index in [0.29, 0.717) is 17.9 Å². The Balaban J connectivity index is 1.42. The minimum absolute atomic E-state index is 0.0269. The van der Waals surface area contributed by atoms with Gasteiger partial charge in [-0.25, -0.2) is 4.79 Å². The van der Waals surface area contributed by atoms with E-state index in [4.69, 9.17) is 4.74 Å². The summed E-state index contributed by atoms with van der Waals surface area (Å²) in [7, 11) is 0. The van der Waals surface area contributed by atoms with E-state index in [1.54, 1.807) is 19.1 Å². The Morgan fingerprint density at radius 3 is 2.59 bits per heavy atom. The number of aliphatic hydroxyl groups is 3. The summed E-state index contributed by atoms with van der Waals surface area (Å²) in [5.74, 6) is -0.278. The molecule has 4 aliphatic rings. The van der Waals surface area contributed by atoms with Crippen molar-refractivity contribution < 1.29 is 29.6 Å². The summed E-state index contributed by atoms with van der Waals surface area (Å²) in [5.41, 5.74) is -1.84. The van der Waals surface area contributed by atoms with Gasteiger partial charge in [0.15, 0.2) is 5.78 Å². The molecule has 0 saturated heterocycles. The smallest absolute Gasteiger partial charge is 0.407 e. The van der Waals surface area contributed by atoms with E-state index >= 15 is 0 Å². The highest BCUT2D eigenvalue weighted by Crippen LogP contribution is 2.70. The van der Waals surface area contributed by atoms with Gasteiger partial charge in [-0.3, -0.25) is 4.79 Å². The Morgan fingerprint density at radius 2 is 1.88 bits per heavy atom. The average Bonchev–Trinajstić information content (AvgIpc) is 3.35. The van der Waals surface area contributed by atoms with Crippen molar-refractivity contribution in [1.82, 2.24) is 5.32 Å². The number of ketones is 1. The minimum Gasteiger partial charge on any atom is -0.445 e. The zero-order valence-electron chi connectivity index (χ0n) is 19.8. The normalized spacial score (nSPS) is 39.6. The third-order valence-electron chi connectivity index (χ3n) is 8.97. The fourth-order valence-corrected chi connectivity index (χ4v) is 7.01. The number of ether oxygens (including phenoxy) is 1. The van der Waals surface area contributed by atoms with Gasteiger partial charge in [0, 0.05) is 12.5 Å². The van der Waals surface area contributed by atoms with Gasteiger partial charge < -0.3 is 25.4 Å². The van der Waals surface area contributed by atoms with Gasteiger partial charge in [-0.15, -0.1) is 0 Å². The number of benzene rings is 1. The molecular weight excluding hydrogens is 434 g/mol. The van der Waals surface area contributed by atoms with Gasteiger partial charge in [0.25, 0.3) is 0 Å². The molecule has 2 fully saturated rings. The van der Waals surface area contributed by atoms with Gasteiger partial charge in [0.2, 0.25) is 0 Å². The third kappa shape index (κ3) is 3.13. The van der Waals surface area contributed by atoms with Crippen LogP contribution >= 0.6 is 0 Å². The van der Waals surface area contributed by atoms with E-state index in [1.807, 2.05) is 30.3 Å². The molecule has 0 aliphatic heterocycles. The summed E-state index contributed by atoms with van der Waals surface area (Å²) in [5, 5.41) is 36.9. The van der Waals surface area contributed by atoms with Crippen molar-refractivity contribution >= 4 is 11.9 Å².